The molecule has 0 heterocycles. The third kappa shape index (κ3) is 13.6. The SMILES string of the molecule is CCC=CCC=CCC=CCCCCCCCC(=O)Nc1ccc(N)cc1. The van der Waals surface area contributed by atoms with Gasteiger partial charge < -0.3 is 11.1 Å². The fourth-order valence-electron chi connectivity index (χ4n) is 2.69. The molecular weight excluding hydrogens is 332 g/mol. The molecule has 3 heteroatoms. The predicted octanol–water partition coefficient (Wildman–Crippen LogP) is 6.80. The largest absolute Gasteiger partial charge is 0.399 e. The molecule has 1 amide bonds. The Bertz CT molecular complexity index is 585. The summed E-state index contributed by atoms with van der Waals surface area (Å²) in [5.74, 6) is 0.0842. The molecule has 0 atom stereocenters. The first-order valence-electron chi connectivity index (χ1n) is 10.3. The molecule has 3 N–H and O–H groups in total. The molecular formula is C24H36N2O. The lowest BCUT2D eigenvalue weighted by atomic mass is 10.1. The van der Waals surface area contributed by atoms with Crippen molar-refractivity contribution in [1.29, 1.82) is 0 Å². The molecule has 0 aromatic heterocycles. The number of carbonyl (C=O) groups excluding carboxylic acids is 1. The van der Waals surface area contributed by atoms with Crippen LogP contribution in [0.1, 0.15) is 71.1 Å². The van der Waals surface area contributed by atoms with E-state index in [0.29, 0.717) is 12.1 Å². The zero-order valence-corrected chi connectivity index (χ0v) is 16.8. The van der Waals surface area contributed by atoms with Gasteiger partial charge in [-0.3, -0.25) is 4.79 Å². The summed E-state index contributed by atoms with van der Waals surface area (Å²) in [6.45, 7) is 2.16. The normalized spacial score (nSPS) is 11.7. The quantitative estimate of drug-likeness (QED) is 0.215. The molecule has 0 unspecified atom stereocenters. The van der Waals surface area contributed by atoms with Crippen LogP contribution in [0.25, 0.3) is 0 Å². The molecule has 0 spiro atoms. The van der Waals surface area contributed by atoms with Gasteiger partial charge in [0.2, 0.25) is 5.91 Å². The summed E-state index contributed by atoms with van der Waals surface area (Å²) in [4.78, 5) is 11.9. The Morgan fingerprint density at radius 1 is 0.852 bits per heavy atom. The Labute approximate surface area is 165 Å². The Morgan fingerprint density at radius 3 is 2.15 bits per heavy atom. The van der Waals surface area contributed by atoms with E-state index in [9.17, 15) is 4.79 Å². The topological polar surface area (TPSA) is 55.1 Å². The van der Waals surface area contributed by atoms with Gasteiger partial charge in [0.05, 0.1) is 0 Å². The highest BCUT2D eigenvalue weighted by Crippen LogP contribution is 2.12. The van der Waals surface area contributed by atoms with E-state index in [1.165, 1.54) is 19.3 Å². The average Bonchev–Trinajstić information content (AvgIpc) is 2.66. The molecule has 0 saturated carbocycles. The van der Waals surface area contributed by atoms with Gasteiger partial charge in [0.15, 0.2) is 0 Å². The maximum Gasteiger partial charge on any atom is 0.224 e. The minimum atomic E-state index is 0.0842. The van der Waals surface area contributed by atoms with E-state index >= 15 is 0 Å². The zero-order valence-electron chi connectivity index (χ0n) is 16.8. The fraction of sp³-hybridized carbons (Fsp3) is 0.458. The average molecular weight is 369 g/mol. The van der Waals surface area contributed by atoms with Crippen LogP contribution in [0.15, 0.2) is 60.7 Å². The lowest BCUT2D eigenvalue weighted by Crippen LogP contribution is -2.10. The number of hydrogen-bond acceptors (Lipinski definition) is 2. The number of allylic oxidation sites excluding steroid dienone is 6. The number of rotatable bonds is 14. The van der Waals surface area contributed by atoms with Crippen LogP contribution in [-0.2, 0) is 4.79 Å². The third-order valence-corrected chi connectivity index (χ3v) is 4.25. The van der Waals surface area contributed by atoms with Gasteiger partial charge in [-0.2, -0.15) is 0 Å². The molecule has 148 valence electrons. The first-order chi connectivity index (χ1) is 13.2. The number of benzene rings is 1. The summed E-state index contributed by atoms with van der Waals surface area (Å²) >= 11 is 0. The van der Waals surface area contributed by atoms with Crippen LogP contribution in [0.2, 0.25) is 0 Å². The molecule has 0 radical (unpaired) electrons. The fourth-order valence-corrected chi connectivity index (χ4v) is 2.69. The molecule has 27 heavy (non-hydrogen) atoms. The first kappa shape index (κ1) is 22.8. The number of unbranched alkanes of at least 4 members (excludes halogenated alkanes) is 5. The zero-order chi connectivity index (χ0) is 19.6. The van der Waals surface area contributed by atoms with Gasteiger partial charge in [0.1, 0.15) is 0 Å². The maximum absolute atomic E-state index is 11.9. The van der Waals surface area contributed by atoms with Crippen molar-refractivity contribution in [3.63, 3.8) is 0 Å². The third-order valence-electron chi connectivity index (χ3n) is 4.25. The van der Waals surface area contributed by atoms with Crippen LogP contribution >= 0.6 is 0 Å². The van der Waals surface area contributed by atoms with Gasteiger partial charge in [-0.05, 0) is 62.8 Å². The van der Waals surface area contributed by atoms with E-state index in [0.717, 1.165) is 44.2 Å². The van der Waals surface area contributed by atoms with Crippen molar-refractivity contribution < 1.29 is 4.79 Å². The van der Waals surface area contributed by atoms with Crippen molar-refractivity contribution in [2.24, 2.45) is 0 Å². The lowest BCUT2D eigenvalue weighted by molar-refractivity contribution is -0.116. The standard InChI is InChI=1S/C24H36N2O/c1-2-3-4-5-6-7-8-9-10-11-12-13-14-15-16-17-24(27)26-23-20-18-22(25)19-21-23/h3-4,6-7,9-10,18-21H,2,5,8,11-17,25H2,1H3,(H,26,27). The lowest BCUT2D eigenvalue weighted by Gasteiger charge is -2.05. The van der Waals surface area contributed by atoms with Gasteiger partial charge in [0.25, 0.3) is 0 Å². The number of amides is 1. The van der Waals surface area contributed by atoms with Crippen LogP contribution in [0.5, 0.6) is 0 Å². The summed E-state index contributed by atoms with van der Waals surface area (Å²) < 4.78 is 0. The minimum absolute atomic E-state index is 0.0842. The summed E-state index contributed by atoms with van der Waals surface area (Å²) in [5.41, 5.74) is 7.15. The van der Waals surface area contributed by atoms with Gasteiger partial charge >= 0.3 is 0 Å². The van der Waals surface area contributed by atoms with Crippen molar-refractivity contribution in [3.05, 3.63) is 60.7 Å². The minimum Gasteiger partial charge on any atom is -0.399 e. The van der Waals surface area contributed by atoms with Gasteiger partial charge in [0, 0.05) is 17.8 Å². The van der Waals surface area contributed by atoms with Gasteiger partial charge in [-0.15, -0.1) is 0 Å². The Balaban J connectivity index is 1.92. The maximum atomic E-state index is 11.9. The molecule has 1 rings (SSSR count). The highest BCUT2D eigenvalue weighted by atomic mass is 16.1. The van der Waals surface area contributed by atoms with Crippen molar-refractivity contribution in [2.45, 2.75) is 71.1 Å². The predicted molar refractivity (Wildman–Crippen MR) is 119 cm³/mol. The number of nitrogens with one attached hydrogen (secondary N) is 1. The van der Waals surface area contributed by atoms with E-state index in [2.05, 4.69) is 48.7 Å². The first-order valence-corrected chi connectivity index (χ1v) is 10.3. The molecule has 0 aliphatic heterocycles. The summed E-state index contributed by atoms with van der Waals surface area (Å²) in [6, 6.07) is 7.26. The summed E-state index contributed by atoms with van der Waals surface area (Å²) in [6.07, 6.45) is 24.1. The van der Waals surface area contributed by atoms with Crippen LogP contribution in [0.3, 0.4) is 0 Å². The number of hydrogen-bond donors (Lipinski definition) is 2. The van der Waals surface area contributed by atoms with Gasteiger partial charge in [-0.1, -0.05) is 62.6 Å². The summed E-state index contributed by atoms with van der Waals surface area (Å²) in [7, 11) is 0. The van der Waals surface area contributed by atoms with E-state index in [4.69, 9.17) is 5.73 Å². The van der Waals surface area contributed by atoms with Crippen LogP contribution in [0.4, 0.5) is 11.4 Å². The second kappa shape index (κ2) is 15.9. The second-order valence-corrected chi connectivity index (χ2v) is 6.77. The number of nitrogen functional groups attached to an aromatic ring is 1. The number of nitrogens with two attached hydrogens (primary N) is 1. The van der Waals surface area contributed by atoms with Crippen molar-refractivity contribution >= 4 is 17.3 Å². The molecule has 1 aromatic carbocycles. The van der Waals surface area contributed by atoms with Crippen molar-refractivity contribution in [2.75, 3.05) is 11.1 Å². The van der Waals surface area contributed by atoms with Crippen LogP contribution in [0, 0.1) is 0 Å². The molecule has 0 bridgehead atoms. The Kier molecular flexibility index (Phi) is 13.4. The van der Waals surface area contributed by atoms with E-state index in [1.807, 2.05) is 12.1 Å². The Hall–Kier alpha value is -2.29. The highest BCUT2D eigenvalue weighted by molar-refractivity contribution is 5.90. The van der Waals surface area contributed by atoms with Crippen LogP contribution in [-0.4, -0.2) is 5.91 Å². The van der Waals surface area contributed by atoms with E-state index < -0.39 is 0 Å². The van der Waals surface area contributed by atoms with E-state index in [-0.39, 0.29) is 5.91 Å². The smallest absolute Gasteiger partial charge is 0.224 e. The summed E-state index contributed by atoms with van der Waals surface area (Å²) in [5, 5.41) is 2.91. The van der Waals surface area contributed by atoms with Gasteiger partial charge in [-0.25, -0.2) is 0 Å². The molecule has 0 fully saturated rings. The molecule has 0 aliphatic rings. The monoisotopic (exact) mass is 368 g/mol. The molecule has 0 aliphatic carbocycles. The Morgan fingerprint density at radius 2 is 1.44 bits per heavy atom. The molecule has 3 nitrogen and oxygen atoms in total. The van der Waals surface area contributed by atoms with Crippen molar-refractivity contribution in [1.82, 2.24) is 0 Å². The molecule has 0 saturated heterocycles. The number of carbonyl (C=O) groups is 1. The molecule has 1 aromatic rings. The number of anilines is 2. The van der Waals surface area contributed by atoms with Crippen molar-refractivity contribution in [3.8, 4) is 0 Å². The second-order valence-electron chi connectivity index (χ2n) is 6.77. The highest BCUT2D eigenvalue weighted by Gasteiger charge is 2.01. The van der Waals surface area contributed by atoms with E-state index in [1.54, 1.807) is 12.1 Å². The van der Waals surface area contributed by atoms with Crippen LogP contribution < -0.4 is 11.1 Å².